The molecule has 1 fully saturated rings. The van der Waals surface area contributed by atoms with Crippen molar-refractivity contribution >= 4 is 11.0 Å². The number of alkyl halides is 2. The second-order valence-electron chi connectivity index (χ2n) is 5.48. The fourth-order valence-corrected chi connectivity index (χ4v) is 2.78. The molecule has 0 spiro atoms. The van der Waals surface area contributed by atoms with Crippen molar-refractivity contribution in [1.29, 1.82) is 0 Å². The van der Waals surface area contributed by atoms with Gasteiger partial charge in [0.05, 0.1) is 11.0 Å². The standard InChI is InChI=1S/C15H18F2N2O/c1-15(16,17)14-18-12-4-2-3-5-13(12)19(14)10-11-6-8-20-9-7-11/h2-5,11H,6-10H2,1H3. The van der Waals surface area contributed by atoms with Gasteiger partial charge < -0.3 is 9.30 Å². The van der Waals surface area contributed by atoms with E-state index in [9.17, 15) is 8.78 Å². The Labute approximate surface area is 116 Å². The molecule has 0 radical (unpaired) electrons. The highest BCUT2D eigenvalue weighted by molar-refractivity contribution is 5.76. The second kappa shape index (κ2) is 5.13. The first-order valence-electron chi connectivity index (χ1n) is 6.97. The lowest BCUT2D eigenvalue weighted by Gasteiger charge is -2.24. The molecule has 3 rings (SSSR count). The van der Waals surface area contributed by atoms with Gasteiger partial charge in [-0.15, -0.1) is 0 Å². The third-order valence-electron chi connectivity index (χ3n) is 3.83. The molecule has 0 atom stereocenters. The SMILES string of the molecule is CC(F)(F)c1nc2ccccc2n1CC1CCOCC1. The Morgan fingerprint density at radius 3 is 2.70 bits per heavy atom. The molecule has 2 aromatic rings. The van der Waals surface area contributed by atoms with Gasteiger partial charge in [-0.3, -0.25) is 0 Å². The Balaban J connectivity index is 2.01. The molecule has 3 nitrogen and oxygen atoms in total. The zero-order valence-corrected chi connectivity index (χ0v) is 11.5. The Morgan fingerprint density at radius 2 is 2.00 bits per heavy atom. The minimum absolute atomic E-state index is 0.134. The molecule has 1 aliphatic rings. The van der Waals surface area contributed by atoms with Crippen LogP contribution in [-0.4, -0.2) is 22.8 Å². The molecule has 1 saturated heterocycles. The molecule has 1 aliphatic heterocycles. The van der Waals surface area contributed by atoms with Gasteiger partial charge in [-0.25, -0.2) is 4.98 Å². The van der Waals surface area contributed by atoms with Gasteiger partial charge in [0, 0.05) is 26.7 Å². The van der Waals surface area contributed by atoms with E-state index in [1.807, 2.05) is 18.2 Å². The first-order chi connectivity index (χ1) is 9.55. The molecule has 0 N–H and O–H groups in total. The molecule has 2 heterocycles. The Kier molecular flexibility index (Phi) is 3.46. The summed E-state index contributed by atoms with van der Waals surface area (Å²) in [7, 11) is 0. The second-order valence-corrected chi connectivity index (χ2v) is 5.48. The van der Waals surface area contributed by atoms with E-state index in [0.29, 0.717) is 18.0 Å². The fraction of sp³-hybridized carbons (Fsp3) is 0.533. The van der Waals surface area contributed by atoms with Crippen molar-refractivity contribution in [3.05, 3.63) is 30.1 Å². The highest BCUT2D eigenvalue weighted by Crippen LogP contribution is 2.31. The molecular formula is C15H18F2N2O. The zero-order chi connectivity index (χ0) is 14.2. The van der Waals surface area contributed by atoms with Crippen LogP contribution in [0.25, 0.3) is 11.0 Å². The Bertz CT molecular complexity index is 597. The Hall–Kier alpha value is -1.49. The van der Waals surface area contributed by atoms with E-state index in [0.717, 1.165) is 38.5 Å². The third-order valence-corrected chi connectivity index (χ3v) is 3.83. The quantitative estimate of drug-likeness (QED) is 0.859. The molecule has 5 heteroatoms. The molecule has 1 aromatic heterocycles. The van der Waals surface area contributed by atoms with E-state index in [4.69, 9.17) is 4.74 Å². The number of halogens is 2. The summed E-state index contributed by atoms with van der Waals surface area (Å²) in [6.07, 6.45) is 1.84. The van der Waals surface area contributed by atoms with Crippen molar-refractivity contribution in [3.8, 4) is 0 Å². The lowest BCUT2D eigenvalue weighted by molar-refractivity contribution is 0.00223. The number of aromatic nitrogens is 2. The van der Waals surface area contributed by atoms with Crippen LogP contribution >= 0.6 is 0 Å². The molecule has 0 amide bonds. The van der Waals surface area contributed by atoms with Crippen molar-refractivity contribution in [2.24, 2.45) is 5.92 Å². The summed E-state index contributed by atoms with van der Waals surface area (Å²) >= 11 is 0. The van der Waals surface area contributed by atoms with Crippen LogP contribution < -0.4 is 0 Å². The van der Waals surface area contributed by atoms with Gasteiger partial charge in [-0.05, 0) is 30.9 Å². The molecular weight excluding hydrogens is 262 g/mol. The highest BCUT2D eigenvalue weighted by Gasteiger charge is 2.32. The van der Waals surface area contributed by atoms with Gasteiger partial charge >= 0.3 is 5.92 Å². The fourth-order valence-electron chi connectivity index (χ4n) is 2.78. The van der Waals surface area contributed by atoms with Crippen LogP contribution in [0.5, 0.6) is 0 Å². The third kappa shape index (κ3) is 2.54. The lowest BCUT2D eigenvalue weighted by atomic mass is 10.00. The number of ether oxygens (including phenoxy) is 1. The van der Waals surface area contributed by atoms with Crippen LogP contribution in [0.2, 0.25) is 0 Å². The van der Waals surface area contributed by atoms with Gasteiger partial charge in [-0.1, -0.05) is 12.1 Å². The predicted octanol–water partition coefficient (Wildman–Crippen LogP) is 3.57. The molecule has 0 unspecified atom stereocenters. The van der Waals surface area contributed by atoms with E-state index in [1.54, 1.807) is 10.6 Å². The number of nitrogens with zero attached hydrogens (tertiary/aromatic N) is 2. The van der Waals surface area contributed by atoms with Gasteiger partial charge in [0.15, 0.2) is 5.82 Å². The predicted molar refractivity (Wildman–Crippen MR) is 72.8 cm³/mol. The molecule has 1 aromatic carbocycles. The first-order valence-corrected chi connectivity index (χ1v) is 6.97. The molecule has 0 saturated carbocycles. The van der Waals surface area contributed by atoms with Crippen molar-refractivity contribution in [2.45, 2.75) is 32.2 Å². The lowest BCUT2D eigenvalue weighted by Crippen LogP contribution is -2.24. The first kappa shape index (κ1) is 13.5. The zero-order valence-electron chi connectivity index (χ0n) is 11.5. The number of rotatable bonds is 3. The van der Waals surface area contributed by atoms with Crippen LogP contribution in [0.3, 0.4) is 0 Å². The number of fused-ring (bicyclic) bond motifs is 1. The van der Waals surface area contributed by atoms with E-state index >= 15 is 0 Å². The van der Waals surface area contributed by atoms with Gasteiger partial charge in [-0.2, -0.15) is 8.78 Å². The summed E-state index contributed by atoms with van der Waals surface area (Å²) in [6.45, 7) is 2.93. The van der Waals surface area contributed by atoms with E-state index in [-0.39, 0.29) is 5.82 Å². The van der Waals surface area contributed by atoms with Gasteiger partial charge in [0.1, 0.15) is 0 Å². The summed E-state index contributed by atoms with van der Waals surface area (Å²) in [5.74, 6) is -2.68. The number of hydrogen-bond acceptors (Lipinski definition) is 2. The van der Waals surface area contributed by atoms with Crippen LogP contribution in [0.15, 0.2) is 24.3 Å². The number of benzene rings is 1. The number of imidazole rings is 1. The summed E-state index contributed by atoms with van der Waals surface area (Å²) in [5, 5.41) is 0. The van der Waals surface area contributed by atoms with E-state index in [1.165, 1.54) is 0 Å². The molecule has 20 heavy (non-hydrogen) atoms. The minimum atomic E-state index is -2.93. The van der Waals surface area contributed by atoms with Crippen LogP contribution in [0.1, 0.15) is 25.6 Å². The number of para-hydroxylation sites is 2. The summed E-state index contributed by atoms with van der Waals surface area (Å²) < 4.78 is 34.6. The van der Waals surface area contributed by atoms with Crippen molar-refractivity contribution < 1.29 is 13.5 Å². The maximum atomic E-state index is 13.8. The maximum Gasteiger partial charge on any atom is 0.302 e. The topological polar surface area (TPSA) is 27.1 Å². The average molecular weight is 280 g/mol. The normalized spacial score (nSPS) is 17.8. The van der Waals surface area contributed by atoms with E-state index in [2.05, 4.69) is 4.98 Å². The van der Waals surface area contributed by atoms with Crippen molar-refractivity contribution in [2.75, 3.05) is 13.2 Å². The number of hydrogen-bond donors (Lipinski definition) is 0. The summed E-state index contributed by atoms with van der Waals surface area (Å²) in [5.41, 5.74) is 1.42. The monoisotopic (exact) mass is 280 g/mol. The molecule has 0 bridgehead atoms. The highest BCUT2D eigenvalue weighted by atomic mass is 19.3. The smallest absolute Gasteiger partial charge is 0.302 e. The largest absolute Gasteiger partial charge is 0.381 e. The van der Waals surface area contributed by atoms with Gasteiger partial charge in [0.25, 0.3) is 0 Å². The summed E-state index contributed by atoms with van der Waals surface area (Å²) in [6, 6.07) is 7.33. The van der Waals surface area contributed by atoms with Crippen molar-refractivity contribution in [1.82, 2.24) is 9.55 Å². The van der Waals surface area contributed by atoms with Crippen molar-refractivity contribution in [3.63, 3.8) is 0 Å². The molecule has 108 valence electrons. The maximum absolute atomic E-state index is 13.8. The Morgan fingerprint density at radius 1 is 1.30 bits per heavy atom. The van der Waals surface area contributed by atoms with Crippen LogP contribution in [0.4, 0.5) is 8.78 Å². The van der Waals surface area contributed by atoms with Gasteiger partial charge in [0.2, 0.25) is 0 Å². The van der Waals surface area contributed by atoms with Crippen LogP contribution in [-0.2, 0) is 17.2 Å². The van der Waals surface area contributed by atoms with E-state index < -0.39 is 5.92 Å². The molecule has 0 aliphatic carbocycles. The van der Waals surface area contributed by atoms with Crippen LogP contribution in [0, 0.1) is 5.92 Å². The minimum Gasteiger partial charge on any atom is -0.381 e. The summed E-state index contributed by atoms with van der Waals surface area (Å²) in [4.78, 5) is 4.13. The average Bonchev–Trinajstić information content (AvgIpc) is 2.79.